The van der Waals surface area contributed by atoms with Gasteiger partial charge in [0, 0.05) is 46.3 Å². The molecular formula is C18H25N3O2. The number of carbonyl (C=O) groups excluding carboxylic acids is 1. The lowest BCUT2D eigenvalue weighted by Gasteiger charge is -2.38. The largest absolute Gasteiger partial charge is 0.385 e. The van der Waals surface area contributed by atoms with Crippen LogP contribution in [-0.2, 0) is 16.1 Å². The first-order valence-electron chi connectivity index (χ1n) is 8.19. The van der Waals surface area contributed by atoms with Gasteiger partial charge in [0.05, 0.1) is 6.07 Å². The van der Waals surface area contributed by atoms with Crippen molar-refractivity contribution in [3.05, 3.63) is 35.9 Å². The molecule has 23 heavy (non-hydrogen) atoms. The zero-order valence-electron chi connectivity index (χ0n) is 13.8. The van der Waals surface area contributed by atoms with Crippen molar-refractivity contribution in [1.82, 2.24) is 9.80 Å². The molecule has 0 aromatic heterocycles. The Balaban J connectivity index is 1.84. The van der Waals surface area contributed by atoms with Gasteiger partial charge in [0.15, 0.2) is 0 Å². The Bertz CT molecular complexity index is 527. The monoisotopic (exact) mass is 315 g/mol. The van der Waals surface area contributed by atoms with Gasteiger partial charge in [-0.15, -0.1) is 0 Å². The van der Waals surface area contributed by atoms with E-state index in [0.29, 0.717) is 26.1 Å². The van der Waals surface area contributed by atoms with E-state index >= 15 is 0 Å². The number of piperazine rings is 1. The van der Waals surface area contributed by atoms with Crippen LogP contribution in [0.15, 0.2) is 30.3 Å². The molecule has 0 radical (unpaired) electrons. The molecule has 0 saturated carbocycles. The second-order valence-corrected chi connectivity index (χ2v) is 5.89. The number of amides is 1. The molecule has 124 valence electrons. The molecule has 5 nitrogen and oxygen atoms in total. The van der Waals surface area contributed by atoms with Gasteiger partial charge >= 0.3 is 0 Å². The van der Waals surface area contributed by atoms with Gasteiger partial charge < -0.3 is 9.64 Å². The highest BCUT2D eigenvalue weighted by molar-refractivity contribution is 5.76. The van der Waals surface area contributed by atoms with Crippen LogP contribution in [0.5, 0.6) is 0 Å². The Labute approximate surface area is 138 Å². The molecule has 1 aliphatic rings. The Kier molecular flexibility index (Phi) is 7.05. The minimum Gasteiger partial charge on any atom is -0.385 e. The van der Waals surface area contributed by atoms with E-state index in [1.807, 2.05) is 23.1 Å². The molecule has 0 N–H and O–H groups in total. The summed E-state index contributed by atoms with van der Waals surface area (Å²) in [6.45, 7) is 3.41. The van der Waals surface area contributed by atoms with E-state index in [4.69, 9.17) is 4.74 Å². The third-order valence-electron chi connectivity index (χ3n) is 4.21. The Morgan fingerprint density at radius 2 is 2.09 bits per heavy atom. The average Bonchev–Trinajstić information content (AvgIpc) is 2.59. The van der Waals surface area contributed by atoms with Crippen LogP contribution in [0.25, 0.3) is 0 Å². The first-order chi connectivity index (χ1) is 11.2. The van der Waals surface area contributed by atoms with Crippen LogP contribution in [0.2, 0.25) is 0 Å². The lowest BCUT2D eigenvalue weighted by atomic mass is 10.1. The highest BCUT2D eigenvalue weighted by Gasteiger charge is 2.29. The summed E-state index contributed by atoms with van der Waals surface area (Å²) in [5.41, 5.74) is 1.20. The Morgan fingerprint density at radius 3 is 2.78 bits per heavy atom. The maximum atomic E-state index is 12.2. The van der Waals surface area contributed by atoms with E-state index in [2.05, 4.69) is 23.1 Å². The van der Waals surface area contributed by atoms with Crippen molar-refractivity contribution in [2.45, 2.75) is 31.8 Å². The van der Waals surface area contributed by atoms with Crippen molar-refractivity contribution >= 4 is 5.91 Å². The number of unbranched alkanes of at least 4 members (excludes halogenated alkanes) is 1. The predicted molar refractivity (Wildman–Crippen MR) is 88.6 cm³/mol. The van der Waals surface area contributed by atoms with Crippen molar-refractivity contribution in [3.63, 3.8) is 0 Å². The minimum atomic E-state index is -0.230. The lowest BCUT2D eigenvalue weighted by Crippen LogP contribution is -2.53. The molecule has 0 spiro atoms. The molecule has 2 rings (SSSR count). The molecule has 5 heteroatoms. The van der Waals surface area contributed by atoms with Gasteiger partial charge in [-0.25, -0.2) is 0 Å². The van der Waals surface area contributed by atoms with E-state index in [-0.39, 0.29) is 11.9 Å². The van der Waals surface area contributed by atoms with Crippen molar-refractivity contribution in [2.75, 3.05) is 33.4 Å². The Morgan fingerprint density at radius 1 is 1.30 bits per heavy atom. The zero-order valence-corrected chi connectivity index (χ0v) is 13.8. The van der Waals surface area contributed by atoms with Crippen molar-refractivity contribution in [2.24, 2.45) is 0 Å². The smallest absolute Gasteiger partial charge is 0.222 e. The summed E-state index contributed by atoms with van der Waals surface area (Å²) >= 11 is 0. The third kappa shape index (κ3) is 5.34. The summed E-state index contributed by atoms with van der Waals surface area (Å²) in [6, 6.07) is 12.3. The number of hydrogen-bond donors (Lipinski definition) is 0. The molecule has 1 unspecified atom stereocenters. The summed E-state index contributed by atoms with van der Waals surface area (Å²) < 4.78 is 5.00. The minimum absolute atomic E-state index is 0.153. The van der Waals surface area contributed by atoms with Crippen LogP contribution in [0.3, 0.4) is 0 Å². The van der Waals surface area contributed by atoms with Crippen molar-refractivity contribution in [3.8, 4) is 6.07 Å². The SMILES string of the molecule is COCCCCC(=O)N1CCN(Cc2ccccc2)C(C#N)C1. The normalized spacial score (nSPS) is 18.6. The van der Waals surface area contributed by atoms with E-state index in [9.17, 15) is 10.1 Å². The topological polar surface area (TPSA) is 56.6 Å². The molecule has 1 fully saturated rings. The number of rotatable bonds is 7. The number of hydrogen-bond acceptors (Lipinski definition) is 4. The number of carbonyl (C=O) groups is 1. The number of methoxy groups -OCH3 is 1. The van der Waals surface area contributed by atoms with Crippen LogP contribution in [0, 0.1) is 11.3 Å². The maximum Gasteiger partial charge on any atom is 0.222 e. The first-order valence-corrected chi connectivity index (χ1v) is 8.19. The van der Waals surface area contributed by atoms with Gasteiger partial charge in [0.2, 0.25) is 5.91 Å². The van der Waals surface area contributed by atoms with Crippen LogP contribution in [0.4, 0.5) is 0 Å². The highest BCUT2D eigenvalue weighted by Crippen LogP contribution is 2.15. The van der Waals surface area contributed by atoms with E-state index < -0.39 is 0 Å². The van der Waals surface area contributed by atoms with Gasteiger partial charge in [0.25, 0.3) is 0 Å². The first kappa shape index (κ1) is 17.5. The van der Waals surface area contributed by atoms with Crippen LogP contribution < -0.4 is 0 Å². The van der Waals surface area contributed by atoms with Crippen LogP contribution >= 0.6 is 0 Å². The van der Waals surface area contributed by atoms with Gasteiger partial charge in [-0.05, 0) is 18.4 Å². The summed E-state index contributed by atoms with van der Waals surface area (Å²) in [6.07, 6.45) is 2.28. The fraction of sp³-hybridized carbons (Fsp3) is 0.556. The van der Waals surface area contributed by atoms with Gasteiger partial charge in [-0.2, -0.15) is 5.26 Å². The second kappa shape index (κ2) is 9.29. The fourth-order valence-corrected chi connectivity index (χ4v) is 2.86. The standard InChI is InChI=1S/C18H25N3O2/c1-23-12-6-5-9-18(22)21-11-10-20(17(13-19)15-21)14-16-7-3-2-4-8-16/h2-4,7-8,17H,5-6,9-12,14-15H2,1H3. The van der Waals surface area contributed by atoms with Gasteiger partial charge in [-0.3, -0.25) is 9.69 Å². The highest BCUT2D eigenvalue weighted by atomic mass is 16.5. The molecule has 1 atom stereocenters. The van der Waals surface area contributed by atoms with Gasteiger partial charge in [0.1, 0.15) is 6.04 Å². The molecule has 0 aliphatic carbocycles. The van der Waals surface area contributed by atoms with E-state index in [1.54, 1.807) is 7.11 Å². The fourth-order valence-electron chi connectivity index (χ4n) is 2.86. The number of nitrogens with zero attached hydrogens (tertiary/aromatic N) is 3. The van der Waals surface area contributed by atoms with Crippen LogP contribution in [-0.4, -0.2) is 55.1 Å². The molecule has 1 heterocycles. The zero-order chi connectivity index (χ0) is 16.5. The molecule has 1 aromatic rings. The third-order valence-corrected chi connectivity index (χ3v) is 4.21. The second-order valence-electron chi connectivity index (χ2n) is 5.89. The molecular weight excluding hydrogens is 290 g/mol. The summed E-state index contributed by atoms with van der Waals surface area (Å²) in [5, 5.41) is 9.44. The van der Waals surface area contributed by atoms with E-state index in [1.165, 1.54) is 5.56 Å². The number of benzene rings is 1. The average molecular weight is 315 g/mol. The number of nitriles is 1. The molecule has 1 amide bonds. The molecule has 1 aliphatic heterocycles. The summed E-state index contributed by atoms with van der Waals surface area (Å²) in [5.74, 6) is 0.153. The Hall–Kier alpha value is -1.90. The quantitative estimate of drug-likeness (QED) is 0.723. The van der Waals surface area contributed by atoms with Crippen LogP contribution in [0.1, 0.15) is 24.8 Å². The van der Waals surface area contributed by atoms with Gasteiger partial charge in [-0.1, -0.05) is 30.3 Å². The lowest BCUT2D eigenvalue weighted by molar-refractivity contribution is -0.133. The van der Waals surface area contributed by atoms with Crippen molar-refractivity contribution < 1.29 is 9.53 Å². The predicted octanol–water partition coefficient (Wildman–Crippen LogP) is 2.04. The molecule has 0 bridgehead atoms. The van der Waals surface area contributed by atoms with E-state index in [0.717, 1.165) is 25.9 Å². The summed E-state index contributed by atoms with van der Waals surface area (Å²) in [7, 11) is 1.67. The maximum absolute atomic E-state index is 12.2. The molecule has 1 aromatic carbocycles. The number of ether oxygens (including phenoxy) is 1. The summed E-state index contributed by atoms with van der Waals surface area (Å²) in [4.78, 5) is 16.2. The van der Waals surface area contributed by atoms with Crippen molar-refractivity contribution in [1.29, 1.82) is 5.26 Å². The molecule has 1 saturated heterocycles.